The molecule has 46 heavy (non-hydrogen) atoms. The quantitative estimate of drug-likeness (QED) is 0.138. The van der Waals surface area contributed by atoms with Gasteiger partial charge in [0.25, 0.3) is 0 Å². The predicted octanol–water partition coefficient (Wildman–Crippen LogP) is 11.8. The van der Waals surface area contributed by atoms with E-state index in [0.29, 0.717) is 0 Å². The molecule has 0 radical (unpaired) electrons. The minimum atomic E-state index is 0.999. The normalized spacial score (nSPS) is 11.8. The minimum absolute atomic E-state index is 0.999. The van der Waals surface area contributed by atoms with Gasteiger partial charge in [0.1, 0.15) is 0 Å². The molecule has 6 aromatic rings. The molecule has 0 amide bonds. The average molecular weight is 596 g/mol. The largest absolute Gasteiger partial charge is 0.317 e. The maximum Gasteiger partial charge on any atom is 0.0497 e. The SMILES string of the molecule is C\C=C(/C=C(\C=C\N(c1ccccc1)c1ccccc1)N(c1ccccc1)c1ccccc1)N(c1ccccc1)c1ccccc1. The molecule has 0 fully saturated rings. The van der Waals surface area contributed by atoms with Crippen LogP contribution in [0.3, 0.4) is 0 Å². The van der Waals surface area contributed by atoms with Gasteiger partial charge in [0.05, 0.1) is 0 Å². The molecule has 224 valence electrons. The van der Waals surface area contributed by atoms with Gasteiger partial charge in [-0.25, -0.2) is 0 Å². The van der Waals surface area contributed by atoms with E-state index in [1.165, 1.54) is 0 Å². The van der Waals surface area contributed by atoms with Crippen LogP contribution in [0.25, 0.3) is 0 Å². The number of hydrogen-bond acceptors (Lipinski definition) is 3. The summed E-state index contributed by atoms with van der Waals surface area (Å²) in [7, 11) is 0. The Kier molecular flexibility index (Phi) is 9.84. The van der Waals surface area contributed by atoms with Crippen LogP contribution in [0.2, 0.25) is 0 Å². The molecule has 0 atom stereocenters. The van der Waals surface area contributed by atoms with Crippen molar-refractivity contribution in [3.63, 3.8) is 0 Å². The first-order valence-corrected chi connectivity index (χ1v) is 15.6. The van der Waals surface area contributed by atoms with Crippen molar-refractivity contribution in [3.05, 3.63) is 218 Å². The lowest BCUT2D eigenvalue weighted by molar-refractivity contribution is 1.15. The van der Waals surface area contributed by atoms with E-state index in [2.05, 4.69) is 216 Å². The van der Waals surface area contributed by atoms with Crippen LogP contribution in [0.15, 0.2) is 218 Å². The molecular formula is C43H37N3. The molecule has 6 aromatic carbocycles. The Morgan fingerprint density at radius 1 is 0.370 bits per heavy atom. The van der Waals surface area contributed by atoms with Gasteiger partial charge in [0.2, 0.25) is 0 Å². The summed E-state index contributed by atoms with van der Waals surface area (Å²) in [6, 6.07) is 63.1. The van der Waals surface area contributed by atoms with Crippen molar-refractivity contribution in [2.45, 2.75) is 6.92 Å². The van der Waals surface area contributed by atoms with Crippen molar-refractivity contribution in [1.82, 2.24) is 0 Å². The second-order valence-corrected chi connectivity index (χ2v) is 10.7. The van der Waals surface area contributed by atoms with Gasteiger partial charge in [-0.05, 0) is 91.9 Å². The van der Waals surface area contributed by atoms with E-state index < -0.39 is 0 Å². The first-order chi connectivity index (χ1) is 22.8. The van der Waals surface area contributed by atoms with Crippen molar-refractivity contribution in [3.8, 4) is 0 Å². The first-order valence-electron chi connectivity index (χ1n) is 15.6. The summed E-state index contributed by atoms with van der Waals surface area (Å²) in [5.41, 5.74) is 8.51. The highest BCUT2D eigenvalue weighted by atomic mass is 15.2. The fraction of sp³-hybridized carbons (Fsp3) is 0.0233. The van der Waals surface area contributed by atoms with Crippen LogP contribution in [0, 0.1) is 0 Å². The van der Waals surface area contributed by atoms with Gasteiger partial charge in [0.15, 0.2) is 0 Å². The third-order valence-corrected chi connectivity index (χ3v) is 7.63. The monoisotopic (exact) mass is 595 g/mol. The lowest BCUT2D eigenvalue weighted by atomic mass is 10.1. The van der Waals surface area contributed by atoms with E-state index in [4.69, 9.17) is 0 Å². The van der Waals surface area contributed by atoms with Gasteiger partial charge in [-0.15, -0.1) is 0 Å². The van der Waals surface area contributed by atoms with E-state index in [9.17, 15) is 0 Å². The van der Waals surface area contributed by atoms with Crippen LogP contribution in [0.1, 0.15) is 6.92 Å². The van der Waals surface area contributed by atoms with E-state index in [-0.39, 0.29) is 0 Å². The Balaban J connectivity index is 1.56. The zero-order valence-electron chi connectivity index (χ0n) is 26.0. The Hall–Kier alpha value is -6.06. The molecule has 0 spiro atoms. The van der Waals surface area contributed by atoms with Crippen molar-refractivity contribution in [2.24, 2.45) is 0 Å². The fourth-order valence-corrected chi connectivity index (χ4v) is 5.47. The number of hydrogen-bond donors (Lipinski definition) is 0. The van der Waals surface area contributed by atoms with E-state index in [0.717, 1.165) is 45.5 Å². The first kappa shape index (κ1) is 30.0. The minimum Gasteiger partial charge on any atom is -0.317 e. The van der Waals surface area contributed by atoms with Crippen LogP contribution in [-0.2, 0) is 0 Å². The van der Waals surface area contributed by atoms with Crippen molar-refractivity contribution in [1.29, 1.82) is 0 Å². The summed E-state index contributed by atoms with van der Waals surface area (Å²) >= 11 is 0. The zero-order chi connectivity index (χ0) is 31.4. The fourth-order valence-electron chi connectivity index (χ4n) is 5.47. The number of allylic oxidation sites excluding steroid dienone is 3. The van der Waals surface area contributed by atoms with Gasteiger partial charge < -0.3 is 14.7 Å². The molecule has 0 aliphatic rings. The molecule has 0 N–H and O–H groups in total. The molecule has 0 aliphatic carbocycles. The molecule has 0 aromatic heterocycles. The number of benzene rings is 6. The Labute approximate surface area is 272 Å². The second-order valence-electron chi connectivity index (χ2n) is 10.7. The number of para-hydroxylation sites is 6. The van der Waals surface area contributed by atoms with Crippen LogP contribution < -0.4 is 14.7 Å². The zero-order valence-corrected chi connectivity index (χ0v) is 26.0. The molecule has 0 heterocycles. The van der Waals surface area contributed by atoms with Crippen molar-refractivity contribution in [2.75, 3.05) is 14.7 Å². The smallest absolute Gasteiger partial charge is 0.0497 e. The molecule has 0 unspecified atom stereocenters. The maximum atomic E-state index is 2.31. The molecule has 0 saturated heterocycles. The summed E-state index contributed by atoms with van der Waals surface area (Å²) in [6.45, 7) is 2.10. The van der Waals surface area contributed by atoms with Gasteiger partial charge in [-0.2, -0.15) is 0 Å². The summed E-state index contributed by atoms with van der Waals surface area (Å²) in [5.74, 6) is 0. The second kappa shape index (κ2) is 15.1. The van der Waals surface area contributed by atoms with E-state index in [1.807, 2.05) is 12.1 Å². The maximum absolute atomic E-state index is 2.31. The van der Waals surface area contributed by atoms with E-state index >= 15 is 0 Å². The predicted molar refractivity (Wildman–Crippen MR) is 196 cm³/mol. The average Bonchev–Trinajstić information content (AvgIpc) is 3.14. The Morgan fingerprint density at radius 3 is 0.957 bits per heavy atom. The van der Waals surface area contributed by atoms with Crippen LogP contribution in [0.5, 0.6) is 0 Å². The number of rotatable bonds is 11. The highest BCUT2D eigenvalue weighted by molar-refractivity contribution is 5.75. The molecule has 0 bridgehead atoms. The summed E-state index contributed by atoms with van der Waals surface area (Å²) in [4.78, 5) is 6.83. The topological polar surface area (TPSA) is 9.72 Å². The molecular weight excluding hydrogens is 558 g/mol. The van der Waals surface area contributed by atoms with Gasteiger partial charge in [-0.3, -0.25) is 0 Å². The Bertz CT molecular complexity index is 1750. The summed E-state index contributed by atoms with van der Waals surface area (Å²) < 4.78 is 0. The standard InChI is InChI=1S/C43H37N3/c1-2-36(45(39-25-13-5-14-26-39)40-27-15-6-16-28-40)35-43(46(41-29-17-7-18-30-41)42-31-19-8-20-32-42)33-34-44(37-21-9-3-10-22-37)38-23-11-4-12-24-38/h2-35H,1H3/b34-33+,36-2+,43-35+. The van der Waals surface area contributed by atoms with Gasteiger partial charge in [-0.1, -0.05) is 115 Å². The van der Waals surface area contributed by atoms with Crippen molar-refractivity contribution >= 4 is 34.1 Å². The molecule has 0 aliphatic heterocycles. The highest BCUT2D eigenvalue weighted by Crippen LogP contribution is 2.35. The lowest BCUT2D eigenvalue weighted by Gasteiger charge is -2.30. The summed E-state index contributed by atoms with van der Waals surface area (Å²) in [5, 5.41) is 0. The summed E-state index contributed by atoms with van der Waals surface area (Å²) in [6.07, 6.45) is 8.81. The molecule has 6 rings (SSSR count). The number of anilines is 6. The Morgan fingerprint density at radius 2 is 0.652 bits per heavy atom. The molecule has 3 nitrogen and oxygen atoms in total. The van der Waals surface area contributed by atoms with Crippen LogP contribution in [-0.4, -0.2) is 0 Å². The van der Waals surface area contributed by atoms with E-state index in [1.54, 1.807) is 0 Å². The molecule has 0 saturated carbocycles. The third kappa shape index (κ3) is 7.18. The lowest BCUT2D eigenvalue weighted by Crippen LogP contribution is -2.20. The number of nitrogens with zero attached hydrogens (tertiary/aromatic N) is 3. The van der Waals surface area contributed by atoms with Crippen LogP contribution in [0.4, 0.5) is 34.1 Å². The van der Waals surface area contributed by atoms with Gasteiger partial charge >= 0.3 is 0 Å². The van der Waals surface area contributed by atoms with Gasteiger partial charge in [0, 0.05) is 51.7 Å². The molecule has 3 heteroatoms. The third-order valence-electron chi connectivity index (χ3n) is 7.63. The van der Waals surface area contributed by atoms with Crippen LogP contribution >= 0.6 is 0 Å². The van der Waals surface area contributed by atoms with Crippen molar-refractivity contribution < 1.29 is 0 Å². The highest BCUT2D eigenvalue weighted by Gasteiger charge is 2.18.